The Kier molecular flexibility index (Phi) is 3.89. The molecule has 0 unspecified atom stereocenters. The van der Waals surface area contributed by atoms with Crippen LogP contribution in [0.3, 0.4) is 0 Å². The highest BCUT2D eigenvalue weighted by Gasteiger charge is 2.11. The first kappa shape index (κ1) is 14.1. The van der Waals surface area contributed by atoms with Crippen LogP contribution in [-0.4, -0.2) is 10.5 Å². The van der Waals surface area contributed by atoms with Crippen molar-refractivity contribution < 1.29 is 9.90 Å². The van der Waals surface area contributed by atoms with Crippen molar-refractivity contribution >= 4 is 73.0 Å². The first-order chi connectivity index (χ1) is 9.56. The highest BCUT2D eigenvalue weighted by Crippen LogP contribution is 2.31. The molecule has 0 saturated heterocycles. The number of fused-ring (bicyclic) bond motifs is 3. The lowest BCUT2D eigenvalue weighted by Gasteiger charge is -2.08. The average Bonchev–Trinajstić information content (AvgIpc) is 2.69. The molecule has 2 aromatic carbocycles. The molecular weight excluding hydrogens is 480 g/mol. The summed E-state index contributed by atoms with van der Waals surface area (Å²) in [5.74, 6) is -1.02. The van der Waals surface area contributed by atoms with E-state index in [2.05, 4.69) is 74.0 Å². The number of carbonyl (C=O) groups excluding carboxylic acids is 1. The average molecular weight is 490 g/mol. The number of carbonyl (C=O) groups is 1. The summed E-state index contributed by atoms with van der Waals surface area (Å²) in [6.45, 7) is 0.434. The third kappa shape index (κ3) is 2.52. The number of nitrogens with zero attached hydrogens (tertiary/aromatic N) is 1. The zero-order valence-corrected chi connectivity index (χ0v) is 14.7. The van der Waals surface area contributed by atoms with Crippen molar-refractivity contribution in [2.75, 3.05) is 0 Å². The van der Waals surface area contributed by atoms with Crippen LogP contribution in [0.4, 0.5) is 0 Å². The molecule has 5 heteroatoms. The van der Waals surface area contributed by atoms with Crippen LogP contribution in [-0.2, 0) is 11.3 Å². The van der Waals surface area contributed by atoms with Crippen molar-refractivity contribution in [3.8, 4) is 0 Å². The number of aliphatic carboxylic acids is 1. The lowest BCUT2D eigenvalue weighted by atomic mass is 10.2. The molecular formula is C15H10I2NO2-. The molecule has 0 saturated carbocycles. The maximum atomic E-state index is 10.7. The van der Waals surface area contributed by atoms with Gasteiger partial charge in [0.15, 0.2) is 0 Å². The minimum Gasteiger partial charge on any atom is -0.550 e. The number of aryl methyl sites for hydroxylation is 1. The predicted molar refractivity (Wildman–Crippen MR) is 94.5 cm³/mol. The lowest BCUT2D eigenvalue weighted by molar-refractivity contribution is -0.305. The number of rotatable bonds is 3. The highest BCUT2D eigenvalue weighted by molar-refractivity contribution is 14.1. The van der Waals surface area contributed by atoms with Gasteiger partial charge in [-0.2, -0.15) is 0 Å². The molecule has 1 heterocycles. The number of halogens is 2. The summed E-state index contributed by atoms with van der Waals surface area (Å²) in [5, 5.41) is 13.1. The van der Waals surface area contributed by atoms with Crippen molar-refractivity contribution in [2.45, 2.75) is 13.0 Å². The number of hydrogen-bond donors (Lipinski definition) is 0. The Hall–Kier alpha value is -0.830. The van der Waals surface area contributed by atoms with Gasteiger partial charge in [0.1, 0.15) is 0 Å². The van der Waals surface area contributed by atoms with Gasteiger partial charge < -0.3 is 14.5 Å². The van der Waals surface area contributed by atoms with Gasteiger partial charge in [-0.05, 0) is 81.6 Å². The fourth-order valence-corrected chi connectivity index (χ4v) is 3.47. The van der Waals surface area contributed by atoms with E-state index >= 15 is 0 Å². The van der Waals surface area contributed by atoms with E-state index in [9.17, 15) is 9.90 Å². The Balaban J connectivity index is 2.31. The second-order valence-electron chi connectivity index (χ2n) is 4.60. The molecule has 0 bridgehead atoms. The fourth-order valence-electron chi connectivity index (χ4n) is 2.49. The Bertz CT molecular complexity index is 764. The van der Waals surface area contributed by atoms with Gasteiger partial charge in [0.2, 0.25) is 0 Å². The van der Waals surface area contributed by atoms with E-state index in [4.69, 9.17) is 0 Å². The third-order valence-electron chi connectivity index (χ3n) is 3.33. The molecule has 0 spiro atoms. The largest absolute Gasteiger partial charge is 0.550 e. The number of benzene rings is 2. The molecule has 0 N–H and O–H groups in total. The van der Waals surface area contributed by atoms with Gasteiger partial charge in [-0.15, -0.1) is 0 Å². The summed E-state index contributed by atoms with van der Waals surface area (Å²) in [7, 11) is 0. The van der Waals surface area contributed by atoms with E-state index in [1.807, 2.05) is 12.1 Å². The van der Waals surface area contributed by atoms with Crippen LogP contribution in [0.1, 0.15) is 6.42 Å². The second kappa shape index (κ2) is 5.51. The second-order valence-corrected chi connectivity index (χ2v) is 7.09. The summed E-state index contributed by atoms with van der Waals surface area (Å²) in [5.41, 5.74) is 2.15. The first-order valence-corrected chi connectivity index (χ1v) is 8.29. The fraction of sp³-hybridized carbons (Fsp3) is 0.133. The molecule has 3 nitrogen and oxygen atoms in total. The first-order valence-electron chi connectivity index (χ1n) is 6.13. The van der Waals surface area contributed by atoms with Crippen LogP contribution in [0, 0.1) is 7.14 Å². The van der Waals surface area contributed by atoms with Gasteiger partial charge in [-0.1, -0.05) is 0 Å². The quantitative estimate of drug-likeness (QED) is 0.530. The molecule has 1 aromatic heterocycles. The Morgan fingerprint density at radius 2 is 1.50 bits per heavy atom. The van der Waals surface area contributed by atoms with E-state index in [1.165, 1.54) is 17.9 Å². The zero-order valence-electron chi connectivity index (χ0n) is 10.4. The van der Waals surface area contributed by atoms with Crippen LogP contribution in [0.15, 0.2) is 36.4 Å². The molecule has 0 aliphatic heterocycles. The van der Waals surface area contributed by atoms with Crippen LogP contribution in [0.25, 0.3) is 21.8 Å². The number of hydrogen-bond acceptors (Lipinski definition) is 2. The number of carboxylic acids is 1. The Morgan fingerprint density at radius 3 is 1.95 bits per heavy atom. The van der Waals surface area contributed by atoms with Gasteiger partial charge in [0.25, 0.3) is 0 Å². The Labute approximate surface area is 143 Å². The summed E-state index contributed by atoms with van der Waals surface area (Å²) < 4.78 is 4.41. The van der Waals surface area contributed by atoms with Crippen molar-refractivity contribution in [1.82, 2.24) is 4.57 Å². The van der Waals surface area contributed by atoms with E-state index in [0.29, 0.717) is 6.54 Å². The van der Waals surface area contributed by atoms with E-state index in [1.54, 1.807) is 0 Å². The zero-order chi connectivity index (χ0) is 14.3. The molecule has 0 aliphatic rings. The number of carboxylic acid groups (broad SMARTS) is 1. The molecule has 0 atom stereocenters. The molecule has 0 fully saturated rings. The van der Waals surface area contributed by atoms with Crippen molar-refractivity contribution in [3.63, 3.8) is 0 Å². The van der Waals surface area contributed by atoms with Gasteiger partial charge in [0.05, 0.1) is 0 Å². The third-order valence-corrected chi connectivity index (χ3v) is 4.67. The highest BCUT2D eigenvalue weighted by atomic mass is 127. The SMILES string of the molecule is O=C([O-])CCn1c2ccc(I)cc2c2cc(I)ccc21. The molecule has 102 valence electrons. The molecule has 20 heavy (non-hydrogen) atoms. The van der Waals surface area contributed by atoms with E-state index in [0.717, 1.165) is 11.0 Å². The maximum absolute atomic E-state index is 10.7. The standard InChI is InChI=1S/C15H11I2NO2/c16-9-1-3-13-11(7-9)12-8-10(17)2-4-14(12)18(13)6-5-15(19)20/h1-4,7-8H,5-6H2,(H,19,20)/p-1. The van der Waals surface area contributed by atoms with Crippen LogP contribution in [0.2, 0.25) is 0 Å². The topological polar surface area (TPSA) is 45.1 Å². The van der Waals surface area contributed by atoms with Crippen LogP contribution < -0.4 is 5.11 Å². The minimum atomic E-state index is -1.02. The summed E-state index contributed by atoms with van der Waals surface area (Å²) >= 11 is 4.59. The van der Waals surface area contributed by atoms with Gasteiger partial charge in [0, 0.05) is 47.9 Å². The molecule has 3 aromatic rings. The van der Waals surface area contributed by atoms with Crippen molar-refractivity contribution in [2.24, 2.45) is 0 Å². The smallest absolute Gasteiger partial charge is 0.0492 e. The van der Waals surface area contributed by atoms with Crippen molar-refractivity contribution in [3.05, 3.63) is 43.5 Å². The van der Waals surface area contributed by atoms with Crippen LogP contribution >= 0.6 is 45.2 Å². The monoisotopic (exact) mass is 490 g/mol. The summed E-state index contributed by atoms with van der Waals surface area (Å²) in [6, 6.07) is 12.5. The van der Waals surface area contributed by atoms with Crippen LogP contribution in [0.5, 0.6) is 0 Å². The van der Waals surface area contributed by atoms with Crippen molar-refractivity contribution in [1.29, 1.82) is 0 Å². The molecule has 3 rings (SSSR count). The molecule has 0 aliphatic carbocycles. The normalized spacial score (nSPS) is 11.3. The molecule has 0 amide bonds. The summed E-state index contributed by atoms with van der Waals surface area (Å²) in [6.07, 6.45) is 0.0247. The lowest BCUT2D eigenvalue weighted by Crippen LogP contribution is -2.23. The predicted octanol–water partition coefficient (Wildman–Crippen LogP) is 3.14. The molecule has 0 radical (unpaired) electrons. The maximum Gasteiger partial charge on any atom is 0.0492 e. The van der Waals surface area contributed by atoms with Gasteiger partial charge in [-0.3, -0.25) is 0 Å². The minimum absolute atomic E-state index is 0.0247. The Morgan fingerprint density at radius 1 is 1.00 bits per heavy atom. The van der Waals surface area contributed by atoms with Gasteiger partial charge >= 0.3 is 0 Å². The van der Waals surface area contributed by atoms with E-state index < -0.39 is 5.97 Å². The number of aromatic nitrogens is 1. The van der Waals surface area contributed by atoms with Gasteiger partial charge in [-0.25, -0.2) is 0 Å². The van der Waals surface area contributed by atoms with E-state index in [-0.39, 0.29) is 6.42 Å². The summed E-state index contributed by atoms with van der Waals surface area (Å²) in [4.78, 5) is 10.7.